The minimum absolute atomic E-state index is 0.0406. The van der Waals surface area contributed by atoms with E-state index in [1.807, 2.05) is 43.3 Å². The average molecular weight is 469 g/mol. The number of benzene rings is 2. The smallest absolute Gasteiger partial charge is 0.197 e. The van der Waals surface area contributed by atoms with Gasteiger partial charge in [0.1, 0.15) is 28.2 Å². The van der Waals surface area contributed by atoms with Gasteiger partial charge >= 0.3 is 0 Å². The van der Waals surface area contributed by atoms with E-state index in [4.69, 9.17) is 13.9 Å². The first-order valence-electron chi connectivity index (χ1n) is 11.2. The van der Waals surface area contributed by atoms with E-state index in [-0.39, 0.29) is 28.9 Å². The van der Waals surface area contributed by atoms with E-state index in [1.165, 1.54) is 13.2 Å². The molecule has 3 N–H and O–H groups in total. The number of rotatable bonds is 10. The number of hydrogen-bond acceptors (Lipinski definition) is 7. The first-order chi connectivity index (χ1) is 16.1. The highest BCUT2D eigenvalue weighted by Gasteiger charge is 2.24. The van der Waals surface area contributed by atoms with Gasteiger partial charge in [-0.05, 0) is 40.0 Å². The second-order valence-electron chi connectivity index (χ2n) is 8.93. The van der Waals surface area contributed by atoms with Crippen LogP contribution in [0, 0.1) is 0 Å². The molecule has 182 valence electrons. The Bertz CT molecular complexity index is 1200. The van der Waals surface area contributed by atoms with Crippen molar-refractivity contribution in [1.82, 2.24) is 0 Å². The van der Waals surface area contributed by atoms with Gasteiger partial charge in [-0.15, -0.1) is 0 Å². The summed E-state index contributed by atoms with van der Waals surface area (Å²) in [6.45, 7) is 5.00. The molecule has 1 atom stereocenters. The van der Waals surface area contributed by atoms with E-state index in [1.54, 1.807) is 19.9 Å². The van der Waals surface area contributed by atoms with E-state index in [9.17, 15) is 20.1 Å². The van der Waals surface area contributed by atoms with Crippen LogP contribution in [0.15, 0.2) is 63.3 Å². The number of aliphatic hydroxyl groups is 2. The lowest BCUT2D eigenvalue weighted by Crippen LogP contribution is -2.35. The minimum atomic E-state index is -1.18. The van der Waals surface area contributed by atoms with Crippen LogP contribution in [-0.4, -0.2) is 40.9 Å². The fourth-order valence-electron chi connectivity index (χ4n) is 3.61. The van der Waals surface area contributed by atoms with Crippen molar-refractivity contribution in [3.63, 3.8) is 0 Å². The number of allylic oxidation sites excluding steroid dienone is 2. The lowest BCUT2D eigenvalue weighted by molar-refractivity contribution is -0.0509. The number of fused-ring (bicyclic) bond motifs is 1. The standard InChI is InChI=1S/C27H32O7/c1-17(11-13-24(29)27(2,3)31)10-12-19-22(33-16-32-4)15-23-25(26(19)30)20(28)14-21(34-23)18-8-6-5-7-9-18/h5-10,14-15,24,29-31H,11-13,16H2,1-4H3/b17-10-/t24-/m0/s1. The van der Waals surface area contributed by atoms with Crippen LogP contribution >= 0.6 is 0 Å². The van der Waals surface area contributed by atoms with Gasteiger partial charge in [-0.3, -0.25) is 4.79 Å². The second-order valence-corrected chi connectivity index (χ2v) is 8.93. The summed E-state index contributed by atoms with van der Waals surface area (Å²) in [5, 5.41) is 31.1. The Kier molecular flexibility index (Phi) is 8.15. The SMILES string of the molecule is COCOc1cc2oc(-c3ccccc3)cc(=O)c2c(O)c1C/C=C(/C)CC[C@H](O)C(C)(C)O. The molecule has 0 spiro atoms. The molecule has 0 aliphatic rings. The summed E-state index contributed by atoms with van der Waals surface area (Å²) in [5.41, 5.74) is 0.832. The topological polar surface area (TPSA) is 109 Å². The number of methoxy groups -OCH3 is 1. The molecule has 2 aromatic carbocycles. The number of aromatic hydroxyl groups is 1. The van der Waals surface area contributed by atoms with Gasteiger partial charge in [0.25, 0.3) is 0 Å². The minimum Gasteiger partial charge on any atom is -0.507 e. The third-order valence-corrected chi connectivity index (χ3v) is 5.73. The van der Waals surface area contributed by atoms with Crippen molar-refractivity contribution in [2.24, 2.45) is 0 Å². The Morgan fingerprint density at radius 1 is 1.21 bits per heavy atom. The fraction of sp³-hybridized carbons (Fsp3) is 0.370. The molecule has 0 aliphatic heterocycles. The fourth-order valence-corrected chi connectivity index (χ4v) is 3.61. The number of ether oxygens (including phenoxy) is 2. The molecule has 1 heterocycles. The zero-order valence-corrected chi connectivity index (χ0v) is 20.0. The summed E-state index contributed by atoms with van der Waals surface area (Å²) in [6.07, 6.45) is 2.31. The molecule has 0 saturated heterocycles. The summed E-state index contributed by atoms with van der Waals surface area (Å²) in [4.78, 5) is 12.9. The van der Waals surface area contributed by atoms with Crippen LogP contribution in [0.25, 0.3) is 22.3 Å². The predicted octanol–water partition coefficient (Wildman–Crippen LogP) is 4.55. The van der Waals surface area contributed by atoms with Crippen molar-refractivity contribution in [1.29, 1.82) is 0 Å². The molecule has 1 aromatic heterocycles. The Morgan fingerprint density at radius 3 is 2.56 bits per heavy atom. The molecule has 7 nitrogen and oxygen atoms in total. The van der Waals surface area contributed by atoms with Gasteiger partial charge in [-0.25, -0.2) is 0 Å². The lowest BCUT2D eigenvalue weighted by atomic mass is 9.95. The molecule has 0 amide bonds. The maximum Gasteiger partial charge on any atom is 0.197 e. The van der Waals surface area contributed by atoms with Gasteiger partial charge in [0, 0.05) is 30.4 Å². The van der Waals surface area contributed by atoms with Crippen LogP contribution < -0.4 is 10.2 Å². The van der Waals surface area contributed by atoms with Crippen LogP contribution in [0.3, 0.4) is 0 Å². The summed E-state index contributed by atoms with van der Waals surface area (Å²) >= 11 is 0. The van der Waals surface area contributed by atoms with Crippen LogP contribution in [0.5, 0.6) is 11.5 Å². The van der Waals surface area contributed by atoms with Crippen LogP contribution in [-0.2, 0) is 11.2 Å². The number of phenolic OH excluding ortho intramolecular Hbond substituents is 1. The Labute approximate surface area is 198 Å². The van der Waals surface area contributed by atoms with Crippen molar-refractivity contribution in [2.75, 3.05) is 13.9 Å². The third kappa shape index (κ3) is 6.05. The molecular formula is C27H32O7. The Morgan fingerprint density at radius 2 is 1.91 bits per heavy atom. The molecule has 34 heavy (non-hydrogen) atoms. The first-order valence-corrected chi connectivity index (χ1v) is 11.2. The van der Waals surface area contributed by atoms with E-state index in [0.29, 0.717) is 36.3 Å². The lowest BCUT2D eigenvalue weighted by Gasteiger charge is -2.24. The summed E-state index contributed by atoms with van der Waals surface area (Å²) in [7, 11) is 1.49. The van der Waals surface area contributed by atoms with Crippen molar-refractivity contribution in [3.05, 3.63) is 69.9 Å². The quantitative estimate of drug-likeness (QED) is 0.296. The highest BCUT2D eigenvalue weighted by atomic mass is 16.7. The van der Waals surface area contributed by atoms with Gasteiger partial charge in [-0.1, -0.05) is 42.0 Å². The highest BCUT2D eigenvalue weighted by Crippen LogP contribution is 2.37. The molecule has 0 saturated carbocycles. The molecule has 3 aromatic rings. The maximum atomic E-state index is 12.9. The van der Waals surface area contributed by atoms with Gasteiger partial charge in [-0.2, -0.15) is 0 Å². The van der Waals surface area contributed by atoms with E-state index in [2.05, 4.69) is 0 Å². The van der Waals surface area contributed by atoms with Crippen molar-refractivity contribution >= 4 is 11.0 Å². The maximum absolute atomic E-state index is 12.9. The zero-order valence-electron chi connectivity index (χ0n) is 20.0. The van der Waals surface area contributed by atoms with Crippen LogP contribution in [0.1, 0.15) is 39.2 Å². The third-order valence-electron chi connectivity index (χ3n) is 5.73. The van der Waals surface area contributed by atoms with E-state index in [0.717, 1.165) is 11.1 Å². The van der Waals surface area contributed by atoms with Crippen LogP contribution in [0.4, 0.5) is 0 Å². The van der Waals surface area contributed by atoms with Crippen molar-refractivity contribution < 1.29 is 29.2 Å². The second kappa shape index (κ2) is 10.9. The molecule has 7 heteroatoms. The first kappa shape index (κ1) is 25.5. The number of hydrogen-bond donors (Lipinski definition) is 3. The van der Waals surface area contributed by atoms with Gasteiger partial charge < -0.3 is 29.2 Å². The van der Waals surface area contributed by atoms with Crippen molar-refractivity contribution in [3.8, 4) is 22.8 Å². The van der Waals surface area contributed by atoms with Gasteiger partial charge in [0.15, 0.2) is 12.2 Å². The summed E-state index contributed by atoms with van der Waals surface area (Å²) in [6, 6.07) is 12.2. The molecule has 0 unspecified atom stereocenters. The molecule has 3 rings (SSSR count). The molecule has 0 bridgehead atoms. The summed E-state index contributed by atoms with van der Waals surface area (Å²) < 4.78 is 16.7. The monoisotopic (exact) mass is 468 g/mol. The normalized spacial score (nSPS) is 13.3. The Balaban J connectivity index is 1.97. The Hall–Kier alpha value is -3.13. The van der Waals surface area contributed by atoms with Gasteiger partial charge in [0.05, 0.1) is 11.7 Å². The van der Waals surface area contributed by atoms with E-state index < -0.39 is 11.7 Å². The summed E-state index contributed by atoms with van der Waals surface area (Å²) in [5.74, 6) is 0.544. The molecule has 0 fully saturated rings. The van der Waals surface area contributed by atoms with E-state index >= 15 is 0 Å². The zero-order chi connectivity index (χ0) is 24.9. The molecule has 0 aliphatic carbocycles. The van der Waals surface area contributed by atoms with Gasteiger partial charge in [0.2, 0.25) is 0 Å². The van der Waals surface area contributed by atoms with Crippen molar-refractivity contribution in [2.45, 2.75) is 51.7 Å². The van der Waals surface area contributed by atoms with Crippen LogP contribution in [0.2, 0.25) is 0 Å². The number of aliphatic hydroxyl groups excluding tert-OH is 1. The predicted molar refractivity (Wildman–Crippen MR) is 131 cm³/mol. The molecular weight excluding hydrogens is 436 g/mol. The highest BCUT2D eigenvalue weighted by molar-refractivity contribution is 5.88. The largest absolute Gasteiger partial charge is 0.507 e. The molecule has 0 radical (unpaired) electrons. The average Bonchev–Trinajstić information content (AvgIpc) is 2.80. The number of phenols is 1.